The lowest BCUT2D eigenvalue weighted by Crippen LogP contribution is -2.18. The van der Waals surface area contributed by atoms with Gasteiger partial charge in [-0.2, -0.15) is 0 Å². The molecule has 0 aromatic heterocycles. The largest absolute Gasteiger partial charge is 0.459 e. The molecular formula is C11H11NO5. The Balaban J connectivity index is 1.96. The minimum Gasteiger partial charge on any atom is -0.459 e. The number of ether oxygens (including phenoxy) is 2. The number of hydrogen-bond donors (Lipinski definition) is 0. The Morgan fingerprint density at radius 3 is 2.59 bits per heavy atom. The molecule has 6 heteroatoms. The van der Waals surface area contributed by atoms with Crippen molar-refractivity contribution in [3.05, 3.63) is 39.9 Å². The van der Waals surface area contributed by atoms with Crippen LogP contribution in [0.5, 0.6) is 0 Å². The van der Waals surface area contributed by atoms with E-state index in [9.17, 15) is 14.9 Å². The van der Waals surface area contributed by atoms with Crippen LogP contribution in [-0.4, -0.2) is 29.7 Å². The summed E-state index contributed by atoms with van der Waals surface area (Å²) in [6.07, 6.45) is 0. The zero-order valence-corrected chi connectivity index (χ0v) is 9.21. The average Bonchev–Trinajstić information content (AvgIpc) is 3.05. The molecule has 90 valence electrons. The fourth-order valence-corrected chi connectivity index (χ4v) is 1.23. The van der Waals surface area contributed by atoms with Crippen LogP contribution in [0.3, 0.4) is 0 Å². The molecule has 0 radical (unpaired) electrons. The smallest absolute Gasteiger partial charge is 0.338 e. The monoisotopic (exact) mass is 237 g/mol. The Hall–Kier alpha value is -1.95. The molecule has 1 aliphatic rings. The van der Waals surface area contributed by atoms with Gasteiger partial charge in [-0.3, -0.25) is 10.1 Å². The Bertz CT molecular complexity index is 449. The summed E-state index contributed by atoms with van der Waals surface area (Å²) in [5, 5.41) is 10.4. The van der Waals surface area contributed by atoms with E-state index < -0.39 is 10.9 Å². The maximum atomic E-state index is 11.6. The predicted molar refractivity (Wildman–Crippen MR) is 57.7 cm³/mol. The molecular weight excluding hydrogens is 226 g/mol. The van der Waals surface area contributed by atoms with Crippen LogP contribution in [0.15, 0.2) is 24.3 Å². The standard InChI is InChI=1S/C11H11NO5/c1-11(7-17-11)6-16-10(13)8-2-4-9(5-3-8)12(14)15/h2-5H,6-7H2,1H3. The Morgan fingerprint density at radius 1 is 1.53 bits per heavy atom. The van der Waals surface area contributed by atoms with Gasteiger partial charge in [0.25, 0.3) is 5.69 Å². The van der Waals surface area contributed by atoms with Crippen molar-refractivity contribution in [2.45, 2.75) is 12.5 Å². The number of epoxide rings is 1. The highest BCUT2D eigenvalue weighted by Crippen LogP contribution is 2.26. The molecule has 1 aromatic rings. The van der Waals surface area contributed by atoms with Crippen molar-refractivity contribution in [3.8, 4) is 0 Å². The van der Waals surface area contributed by atoms with Gasteiger partial charge in [0.2, 0.25) is 0 Å². The molecule has 1 saturated heterocycles. The molecule has 6 nitrogen and oxygen atoms in total. The molecule has 2 rings (SSSR count). The fourth-order valence-electron chi connectivity index (χ4n) is 1.23. The normalized spacial score (nSPS) is 21.9. The quantitative estimate of drug-likeness (QED) is 0.343. The van der Waals surface area contributed by atoms with Crippen LogP contribution in [0.2, 0.25) is 0 Å². The predicted octanol–water partition coefficient (Wildman–Crippen LogP) is 1.54. The molecule has 0 spiro atoms. The number of esters is 1. The van der Waals surface area contributed by atoms with Crippen molar-refractivity contribution in [2.75, 3.05) is 13.2 Å². The zero-order valence-electron chi connectivity index (χ0n) is 9.21. The summed E-state index contributed by atoms with van der Waals surface area (Å²) in [5.74, 6) is -0.503. The lowest BCUT2D eigenvalue weighted by atomic mass is 10.2. The summed E-state index contributed by atoms with van der Waals surface area (Å²) < 4.78 is 10.1. The van der Waals surface area contributed by atoms with Crippen LogP contribution in [0.1, 0.15) is 17.3 Å². The van der Waals surface area contributed by atoms with E-state index in [2.05, 4.69) is 0 Å². The number of rotatable bonds is 4. The molecule has 0 bridgehead atoms. The lowest BCUT2D eigenvalue weighted by molar-refractivity contribution is -0.384. The van der Waals surface area contributed by atoms with Gasteiger partial charge in [0.05, 0.1) is 17.1 Å². The number of nitrogens with zero attached hydrogens (tertiary/aromatic N) is 1. The first-order valence-corrected chi connectivity index (χ1v) is 5.06. The first-order valence-electron chi connectivity index (χ1n) is 5.06. The molecule has 17 heavy (non-hydrogen) atoms. The third-order valence-electron chi connectivity index (χ3n) is 2.46. The number of nitro groups is 1. The average molecular weight is 237 g/mol. The van der Waals surface area contributed by atoms with Gasteiger partial charge in [0.15, 0.2) is 0 Å². The molecule has 0 N–H and O–H groups in total. The Kier molecular flexibility index (Phi) is 2.81. The van der Waals surface area contributed by atoms with Gasteiger partial charge in [0, 0.05) is 12.1 Å². The molecule has 1 aliphatic heterocycles. The topological polar surface area (TPSA) is 82.0 Å². The van der Waals surface area contributed by atoms with Crippen molar-refractivity contribution in [3.63, 3.8) is 0 Å². The highest BCUT2D eigenvalue weighted by Gasteiger charge is 2.40. The number of nitro benzene ring substituents is 1. The number of benzene rings is 1. The molecule has 1 atom stereocenters. The first-order chi connectivity index (χ1) is 8.00. The van der Waals surface area contributed by atoms with Crippen LogP contribution >= 0.6 is 0 Å². The Morgan fingerprint density at radius 2 is 2.12 bits per heavy atom. The molecule has 1 fully saturated rings. The summed E-state index contributed by atoms with van der Waals surface area (Å²) in [6, 6.07) is 5.28. The molecule has 0 saturated carbocycles. The maximum Gasteiger partial charge on any atom is 0.338 e. The second-order valence-corrected chi connectivity index (χ2v) is 4.12. The van der Waals surface area contributed by atoms with Crippen LogP contribution in [-0.2, 0) is 9.47 Å². The molecule has 1 heterocycles. The molecule has 1 aromatic carbocycles. The van der Waals surface area contributed by atoms with Gasteiger partial charge in [0.1, 0.15) is 12.2 Å². The zero-order chi connectivity index (χ0) is 12.5. The van der Waals surface area contributed by atoms with Crippen molar-refractivity contribution in [1.82, 2.24) is 0 Å². The number of hydrogen-bond acceptors (Lipinski definition) is 5. The minimum absolute atomic E-state index is 0.0564. The third-order valence-corrected chi connectivity index (χ3v) is 2.46. The summed E-state index contributed by atoms with van der Waals surface area (Å²) >= 11 is 0. The summed E-state index contributed by atoms with van der Waals surface area (Å²) in [6.45, 7) is 2.62. The second kappa shape index (κ2) is 4.14. The Labute approximate surface area is 97.3 Å². The van der Waals surface area contributed by atoms with E-state index in [1.165, 1.54) is 24.3 Å². The van der Waals surface area contributed by atoms with Gasteiger partial charge < -0.3 is 9.47 Å². The number of non-ortho nitro benzene ring substituents is 1. The van der Waals surface area contributed by atoms with Crippen molar-refractivity contribution in [1.29, 1.82) is 0 Å². The van der Waals surface area contributed by atoms with E-state index >= 15 is 0 Å². The number of carbonyl (C=O) groups is 1. The van der Waals surface area contributed by atoms with E-state index in [0.29, 0.717) is 12.2 Å². The van der Waals surface area contributed by atoms with Crippen molar-refractivity contribution < 1.29 is 19.2 Å². The van der Waals surface area contributed by atoms with Gasteiger partial charge in [-0.05, 0) is 19.1 Å². The van der Waals surface area contributed by atoms with E-state index in [0.717, 1.165) is 0 Å². The first kappa shape index (κ1) is 11.5. The highest BCUT2D eigenvalue weighted by atomic mass is 16.6. The molecule has 0 amide bonds. The van der Waals surface area contributed by atoms with Crippen molar-refractivity contribution in [2.24, 2.45) is 0 Å². The van der Waals surface area contributed by atoms with Crippen molar-refractivity contribution >= 4 is 11.7 Å². The summed E-state index contributed by atoms with van der Waals surface area (Å²) in [5.41, 5.74) is -0.116. The summed E-state index contributed by atoms with van der Waals surface area (Å²) in [7, 11) is 0. The second-order valence-electron chi connectivity index (χ2n) is 4.12. The van der Waals surface area contributed by atoms with E-state index in [1.54, 1.807) is 0 Å². The highest BCUT2D eigenvalue weighted by molar-refractivity contribution is 5.89. The van der Waals surface area contributed by atoms with E-state index in [4.69, 9.17) is 9.47 Å². The van der Waals surface area contributed by atoms with Crippen LogP contribution < -0.4 is 0 Å². The van der Waals surface area contributed by atoms with E-state index in [1.807, 2.05) is 6.92 Å². The molecule has 1 unspecified atom stereocenters. The van der Waals surface area contributed by atoms with Crippen LogP contribution in [0.4, 0.5) is 5.69 Å². The minimum atomic E-state index is -0.520. The van der Waals surface area contributed by atoms with Crippen LogP contribution in [0.25, 0.3) is 0 Å². The van der Waals surface area contributed by atoms with E-state index in [-0.39, 0.29) is 17.9 Å². The maximum absolute atomic E-state index is 11.6. The van der Waals surface area contributed by atoms with Gasteiger partial charge >= 0.3 is 5.97 Å². The fraction of sp³-hybridized carbons (Fsp3) is 0.364. The van der Waals surface area contributed by atoms with Crippen LogP contribution in [0, 0.1) is 10.1 Å². The lowest BCUT2D eigenvalue weighted by Gasteiger charge is -2.06. The number of carbonyl (C=O) groups excluding carboxylic acids is 1. The SMILES string of the molecule is CC1(COC(=O)c2ccc([N+](=O)[O-])cc2)CO1. The summed E-state index contributed by atoms with van der Waals surface area (Å²) in [4.78, 5) is 21.5. The third kappa shape index (κ3) is 2.79. The van der Waals surface area contributed by atoms with Gasteiger partial charge in [-0.25, -0.2) is 4.79 Å². The molecule has 0 aliphatic carbocycles. The van der Waals surface area contributed by atoms with Gasteiger partial charge in [-0.1, -0.05) is 0 Å². The van der Waals surface area contributed by atoms with Gasteiger partial charge in [-0.15, -0.1) is 0 Å².